The number of nitrogens with zero attached hydrogens (tertiary/aromatic N) is 2. The molecule has 0 spiro atoms. The third-order valence-electron chi connectivity index (χ3n) is 3.53. The van der Waals surface area contributed by atoms with Crippen molar-refractivity contribution in [3.8, 4) is 0 Å². The molecule has 1 atom stereocenters. The van der Waals surface area contributed by atoms with Crippen LogP contribution in [0.3, 0.4) is 0 Å². The Labute approximate surface area is 109 Å². The van der Waals surface area contributed by atoms with Gasteiger partial charge in [-0.2, -0.15) is 0 Å². The zero-order valence-corrected chi connectivity index (χ0v) is 11.4. The lowest BCUT2D eigenvalue weighted by atomic mass is 10.1. The lowest BCUT2D eigenvalue weighted by molar-refractivity contribution is 0.421. The van der Waals surface area contributed by atoms with Crippen molar-refractivity contribution in [3.63, 3.8) is 0 Å². The average molecular weight is 252 g/mol. The minimum absolute atomic E-state index is 0.125. The zero-order chi connectivity index (χ0) is 12.8. The van der Waals surface area contributed by atoms with Crippen molar-refractivity contribution in [1.82, 2.24) is 15.5 Å². The molecule has 1 heterocycles. The molecule has 0 radical (unpaired) electrons. The molecule has 18 heavy (non-hydrogen) atoms. The monoisotopic (exact) mass is 252 g/mol. The maximum absolute atomic E-state index is 5.61. The first-order valence-corrected chi connectivity index (χ1v) is 7.10. The summed E-state index contributed by atoms with van der Waals surface area (Å²) in [7, 11) is 0. The highest BCUT2D eigenvalue weighted by molar-refractivity contribution is 5.17. The van der Waals surface area contributed by atoms with E-state index in [4.69, 9.17) is 4.42 Å². The maximum atomic E-state index is 5.61. The van der Waals surface area contributed by atoms with Crippen LogP contribution < -0.4 is 10.6 Å². The van der Waals surface area contributed by atoms with Crippen LogP contribution in [0.5, 0.6) is 0 Å². The first-order chi connectivity index (χ1) is 8.79. The molecule has 1 aliphatic carbocycles. The number of aromatic nitrogens is 2. The van der Waals surface area contributed by atoms with Crippen molar-refractivity contribution in [2.24, 2.45) is 5.92 Å². The summed E-state index contributed by atoms with van der Waals surface area (Å²) in [6, 6.07) is 0.682. The summed E-state index contributed by atoms with van der Waals surface area (Å²) in [6.07, 6.45) is 6.47. The number of anilines is 1. The molecule has 5 heteroatoms. The minimum Gasteiger partial charge on any atom is -0.406 e. The summed E-state index contributed by atoms with van der Waals surface area (Å²) in [5.41, 5.74) is 0. The molecule has 0 aromatic carbocycles. The molecule has 0 saturated heterocycles. The Balaban J connectivity index is 1.77. The molecule has 2 rings (SSSR count). The molecule has 0 amide bonds. The molecule has 1 fully saturated rings. The molecule has 0 bridgehead atoms. The van der Waals surface area contributed by atoms with Gasteiger partial charge in [0.2, 0.25) is 5.89 Å². The van der Waals surface area contributed by atoms with Gasteiger partial charge in [0.1, 0.15) is 0 Å². The van der Waals surface area contributed by atoms with Crippen LogP contribution in [-0.4, -0.2) is 23.3 Å². The Kier molecular flexibility index (Phi) is 4.99. The summed E-state index contributed by atoms with van der Waals surface area (Å²) >= 11 is 0. The third-order valence-corrected chi connectivity index (χ3v) is 3.53. The molecule has 2 N–H and O–H groups in total. The third kappa shape index (κ3) is 3.70. The van der Waals surface area contributed by atoms with E-state index < -0.39 is 0 Å². The molecule has 0 aliphatic heterocycles. The molecule has 102 valence electrons. The van der Waals surface area contributed by atoms with Crippen molar-refractivity contribution < 1.29 is 4.42 Å². The fourth-order valence-corrected chi connectivity index (χ4v) is 2.38. The number of hydrogen-bond donors (Lipinski definition) is 2. The fourth-order valence-electron chi connectivity index (χ4n) is 2.38. The van der Waals surface area contributed by atoms with Crippen LogP contribution in [-0.2, 0) is 0 Å². The Bertz CT molecular complexity index is 347. The Morgan fingerprint density at radius 2 is 2.11 bits per heavy atom. The van der Waals surface area contributed by atoms with Crippen LogP contribution in [0, 0.1) is 5.92 Å². The summed E-state index contributed by atoms with van der Waals surface area (Å²) in [6.45, 7) is 6.11. The van der Waals surface area contributed by atoms with Crippen molar-refractivity contribution in [3.05, 3.63) is 5.89 Å². The molecule has 5 nitrogen and oxygen atoms in total. The van der Waals surface area contributed by atoms with Gasteiger partial charge < -0.3 is 15.1 Å². The Morgan fingerprint density at radius 3 is 2.83 bits per heavy atom. The van der Waals surface area contributed by atoms with Gasteiger partial charge in [-0.3, -0.25) is 0 Å². The van der Waals surface area contributed by atoms with E-state index in [1.165, 1.54) is 25.7 Å². The second-order valence-corrected chi connectivity index (χ2v) is 5.15. The molecule has 1 aromatic rings. The van der Waals surface area contributed by atoms with E-state index in [0.717, 1.165) is 25.4 Å². The molecule has 1 aliphatic rings. The molecular weight excluding hydrogens is 228 g/mol. The normalized spacial score (nSPS) is 18.1. The van der Waals surface area contributed by atoms with E-state index in [-0.39, 0.29) is 6.04 Å². The predicted molar refractivity (Wildman–Crippen MR) is 71.5 cm³/mol. The first kappa shape index (κ1) is 13.3. The SMILES string of the molecule is CCCNC(C)c1nnc(NCC2CCCC2)o1. The van der Waals surface area contributed by atoms with Crippen LogP contribution in [0.2, 0.25) is 0 Å². The standard InChI is InChI=1S/C13H24N4O/c1-3-8-14-10(2)12-16-17-13(18-12)15-9-11-6-4-5-7-11/h10-11,14H,3-9H2,1-2H3,(H,15,17). The van der Waals surface area contributed by atoms with Gasteiger partial charge in [-0.15, -0.1) is 5.10 Å². The van der Waals surface area contributed by atoms with E-state index >= 15 is 0 Å². The summed E-state index contributed by atoms with van der Waals surface area (Å²) in [5.74, 6) is 1.44. The molecule has 1 unspecified atom stereocenters. The van der Waals surface area contributed by atoms with Crippen molar-refractivity contribution in [1.29, 1.82) is 0 Å². The van der Waals surface area contributed by atoms with E-state index in [0.29, 0.717) is 11.9 Å². The van der Waals surface area contributed by atoms with Gasteiger partial charge in [0.15, 0.2) is 0 Å². The van der Waals surface area contributed by atoms with Crippen LogP contribution in [0.4, 0.5) is 6.01 Å². The lowest BCUT2D eigenvalue weighted by Crippen LogP contribution is -2.19. The average Bonchev–Trinajstić information content (AvgIpc) is 3.04. The van der Waals surface area contributed by atoms with Gasteiger partial charge in [0.05, 0.1) is 6.04 Å². The van der Waals surface area contributed by atoms with Crippen molar-refractivity contribution in [2.75, 3.05) is 18.4 Å². The second kappa shape index (κ2) is 6.73. The molecular formula is C13H24N4O. The number of nitrogens with one attached hydrogen (secondary N) is 2. The lowest BCUT2D eigenvalue weighted by Gasteiger charge is -2.09. The van der Waals surface area contributed by atoms with Gasteiger partial charge in [0.25, 0.3) is 0 Å². The predicted octanol–water partition coefficient (Wildman–Crippen LogP) is 2.73. The van der Waals surface area contributed by atoms with Gasteiger partial charge in [-0.25, -0.2) is 0 Å². The summed E-state index contributed by atoms with van der Waals surface area (Å²) < 4.78 is 5.61. The van der Waals surface area contributed by atoms with E-state index in [2.05, 4.69) is 27.8 Å². The Morgan fingerprint density at radius 1 is 1.33 bits per heavy atom. The van der Waals surface area contributed by atoms with Gasteiger partial charge in [0, 0.05) is 6.54 Å². The quantitative estimate of drug-likeness (QED) is 0.781. The topological polar surface area (TPSA) is 63.0 Å². The highest BCUT2D eigenvalue weighted by atomic mass is 16.4. The first-order valence-electron chi connectivity index (χ1n) is 7.10. The van der Waals surface area contributed by atoms with Crippen molar-refractivity contribution >= 4 is 6.01 Å². The van der Waals surface area contributed by atoms with Gasteiger partial charge >= 0.3 is 6.01 Å². The maximum Gasteiger partial charge on any atom is 0.315 e. The fraction of sp³-hybridized carbons (Fsp3) is 0.846. The van der Waals surface area contributed by atoms with Crippen LogP contribution in [0.15, 0.2) is 4.42 Å². The number of rotatable bonds is 7. The summed E-state index contributed by atoms with van der Waals surface area (Å²) in [4.78, 5) is 0. The molecule has 1 aromatic heterocycles. The van der Waals surface area contributed by atoms with Gasteiger partial charge in [-0.05, 0) is 38.6 Å². The minimum atomic E-state index is 0.125. The van der Waals surface area contributed by atoms with E-state index in [9.17, 15) is 0 Å². The second-order valence-electron chi connectivity index (χ2n) is 5.15. The van der Waals surface area contributed by atoms with Gasteiger partial charge in [-0.1, -0.05) is 24.9 Å². The molecule has 1 saturated carbocycles. The van der Waals surface area contributed by atoms with Crippen LogP contribution in [0.25, 0.3) is 0 Å². The van der Waals surface area contributed by atoms with Crippen molar-refractivity contribution in [2.45, 2.75) is 52.0 Å². The van der Waals surface area contributed by atoms with E-state index in [1.54, 1.807) is 0 Å². The van der Waals surface area contributed by atoms with Crippen LogP contribution in [0.1, 0.15) is 57.9 Å². The highest BCUT2D eigenvalue weighted by Crippen LogP contribution is 2.25. The smallest absolute Gasteiger partial charge is 0.315 e. The Hall–Kier alpha value is -1.10. The zero-order valence-electron chi connectivity index (χ0n) is 11.4. The number of hydrogen-bond acceptors (Lipinski definition) is 5. The highest BCUT2D eigenvalue weighted by Gasteiger charge is 2.17. The van der Waals surface area contributed by atoms with Crippen LogP contribution >= 0.6 is 0 Å². The largest absolute Gasteiger partial charge is 0.406 e. The van der Waals surface area contributed by atoms with E-state index in [1.807, 2.05) is 6.92 Å². The summed E-state index contributed by atoms with van der Waals surface area (Å²) in [5, 5.41) is 14.7.